The highest BCUT2D eigenvalue weighted by Crippen LogP contribution is 2.37. The predicted molar refractivity (Wildman–Crippen MR) is 74.4 cm³/mol. The van der Waals surface area contributed by atoms with Crippen molar-refractivity contribution < 1.29 is 17.6 Å². The zero-order valence-electron chi connectivity index (χ0n) is 9.58. The summed E-state index contributed by atoms with van der Waals surface area (Å²) >= 11 is 14.3. The highest BCUT2D eigenvalue weighted by atomic mass is 79.9. The Labute approximate surface area is 130 Å². The van der Waals surface area contributed by atoms with Crippen LogP contribution in [-0.2, 0) is 5.33 Å². The van der Waals surface area contributed by atoms with Crippen LogP contribution in [0.5, 0.6) is 0 Å². The summed E-state index contributed by atoms with van der Waals surface area (Å²) in [5.41, 5.74) is -1.81. The van der Waals surface area contributed by atoms with Gasteiger partial charge in [-0.1, -0.05) is 39.1 Å². The van der Waals surface area contributed by atoms with Crippen molar-refractivity contribution in [2.45, 2.75) is 5.33 Å². The Balaban J connectivity index is 2.85. The second kappa shape index (κ2) is 5.92. The maximum absolute atomic E-state index is 14.0. The van der Waals surface area contributed by atoms with Crippen LogP contribution in [0.4, 0.5) is 17.6 Å². The monoisotopic (exact) mass is 386 g/mol. The van der Waals surface area contributed by atoms with Crippen LogP contribution >= 0.6 is 39.1 Å². The van der Waals surface area contributed by atoms with Crippen molar-refractivity contribution in [3.63, 3.8) is 0 Å². The van der Waals surface area contributed by atoms with Gasteiger partial charge in [0, 0.05) is 26.5 Å². The van der Waals surface area contributed by atoms with E-state index in [2.05, 4.69) is 15.9 Å². The molecule has 0 nitrogen and oxygen atoms in total. The summed E-state index contributed by atoms with van der Waals surface area (Å²) in [6.45, 7) is 0. The van der Waals surface area contributed by atoms with E-state index in [1.54, 1.807) is 0 Å². The lowest BCUT2D eigenvalue weighted by Crippen LogP contribution is -2.05. The van der Waals surface area contributed by atoms with E-state index in [0.717, 1.165) is 6.07 Å². The average Bonchev–Trinajstić information content (AvgIpc) is 2.41. The van der Waals surface area contributed by atoms with Gasteiger partial charge in [-0.2, -0.15) is 0 Å². The molecule has 0 aliphatic rings. The van der Waals surface area contributed by atoms with Crippen LogP contribution in [0.25, 0.3) is 11.1 Å². The average molecular weight is 388 g/mol. The Hall–Kier alpha value is -0.780. The molecule has 0 radical (unpaired) electrons. The summed E-state index contributed by atoms with van der Waals surface area (Å²) in [5, 5.41) is -0.298. The largest absolute Gasteiger partial charge is 0.203 e. The normalized spacial score (nSPS) is 10.9. The van der Waals surface area contributed by atoms with E-state index in [9.17, 15) is 17.6 Å². The Morgan fingerprint density at radius 3 is 1.95 bits per heavy atom. The highest BCUT2D eigenvalue weighted by molar-refractivity contribution is 9.08. The van der Waals surface area contributed by atoms with E-state index in [4.69, 9.17) is 23.2 Å². The molecule has 0 aliphatic carbocycles. The fourth-order valence-electron chi connectivity index (χ4n) is 1.72. The third-order valence-electron chi connectivity index (χ3n) is 2.69. The summed E-state index contributed by atoms with van der Waals surface area (Å²) in [6.07, 6.45) is 0. The summed E-state index contributed by atoms with van der Waals surface area (Å²) < 4.78 is 55.4. The number of alkyl halides is 1. The molecule has 106 valence electrons. The van der Waals surface area contributed by atoms with Gasteiger partial charge < -0.3 is 0 Å². The van der Waals surface area contributed by atoms with Crippen LogP contribution in [-0.4, -0.2) is 0 Å². The van der Waals surface area contributed by atoms with E-state index >= 15 is 0 Å². The SMILES string of the molecule is Fc1c(F)c(-c2cc(Cl)ccc2Cl)c(F)c(F)c1CBr. The quantitative estimate of drug-likeness (QED) is 0.331. The number of halogens is 7. The van der Waals surface area contributed by atoms with Crippen LogP contribution in [0.3, 0.4) is 0 Å². The van der Waals surface area contributed by atoms with E-state index in [0.29, 0.717) is 0 Å². The van der Waals surface area contributed by atoms with Gasteiger partial charge in [-0.3, -0.25) is 0 Å². The molecular weight excluding hydrogens is 383 g/mol. The molecule has 0 spiro atoms. The molecule has 0 fully saturated rings. The van der Waals surface area contributed by atoms with E-state index in [-0.39, 0.29) is 20.9 Å². The molecule has 0 saturated heterocycles. The van der Waals surface area contributed by atoms with Gasteiger partial charge in [0.15, 0.2) is 23.3 Å². The number of hydrogen-bond donors (Lipinski definition) is 0. The lowest BCUT2D eigenvalue weighted by Gasteiger charge is -2.12. The van der Waals surface area contributed by atoms with Gasteiger partial charge in [-0.15, -0.1) is 0 Å². The molecule has 0 saturated carbocycles. The molecule has 2 rings (SSSR count). The zero-order chi connectivity index (χ0) is 15.0. The Morgan fingerprint density at radius 1 is 0.900 bits per heavy atom. The lowest BCUT2D eigenvalue weighted by atomic mass is 10.0. The smallest absolute Gasteiger partial charge is 0.170 e. The molecule has 0 unspecified atom stereocenters. The highest BCUT2D eigenvalue weighted by Gasteiger charge is 2.26. The van der Waals surface area contributed by atoms with E-state index < -0.39 is 34.4 Å². The van der Waals surface area contributed by atoms with Crippen molar-refractivity contribution in [1.82, 2.24) is 0 Å². The standard InChI is InChI=1S/C13H5BrCl2F4/c14-4-7-10(17)12(19)9(13(20)11(7)18)6-3-5(15)1-2-8(6)16/h1-3H,4H2. The minimum atomic E-state index is -1.51. The van der Waals surface area contributed by atoms with Crippen LogP contribution in [0.1, 0.15) is 5.56 Å². The van der Waals surface area contributed by atoms with Crippen LogP contribution in [0, 0.1) is 23.3 Å². The fourth-order valence-corrected chi connectivity index (χ4v) is 2.60. The second-order valence-corrected chi connectivity index (χ2v) is 5.27. The zero-order valence-corrected chi connectivity index (χ0v) is 12.7. The Kier molecular flexibility index (Phi) is 4.62. The van der Waals surface area contributed by atoms with Crippen molar-refractivity contribution in [1.29, 1.82) is 0 Å². The van der Waals surface area contributed by atoms with Gasteiger partial charge in [0.1, 0.15) is 0 Å². The molecule has 0 heterocycles. The van der Waals surface area contributed by atoms with Gasteiger partial charge >= 0.3 is 0 Å². The number of hydrogen-bond acceptors (Lipinski definition) is 0. The van der Waals surface area contributed by atoms with Gasteiger partial charge in [0.05, 0.1) is 5.56 Å². The first kappa shape index (κ1) is 15.6. The summed E-state index contributed by atoms with van der Waals surface area (Å²) in [7, 11) is 0. The molecule has 0 amide bonds. The third kappa shape index (κ3) is 2.54. The van der Waals surface area contributed by atoms with Crippen LogP contribution < -0.4 is 0 Å². The first-order valence-corrected chi connectivity index (χ1v) is 7.12. The first-order valence-electron chi connectivity index (χ1n) is 5.24. The fraction of sp³-hybridized carbons (Fsp3) is 0.0769. The number of rotatable bonds is 2. The molecule has 2 aromatic carbocycles. The molecule has 2 aromatic rings. The minimum absolute atomic E-state index is 0.0717. The summed E-state index contributed by atoms with van der Waals surface area (Å²) in [4.78, 5) is 0. The van der Waals surface area contributed by atoms with Gasteiger partial charge in [-0.05, 0) is 18.2 Å². The van der Waals surface area contributed by atoms with Crippen LogP contribution in [0.2, 0.25) is 10.0 Å². The maximum atomic E-state index is 14.0. The van der Waals surface area contributed by atoms with Gasteiger partial charge in [0.25, 0.3) is 0 Å². The van der Waals surface area contributed by atoms with Crippen molar-refractivity contribution in [2.75, 3.05) is 0 Å². The van der Waals surface area contributed by atoms with Crippen molar-refractivity contribution in [3.8, 4) is 11.1 Å². The molecule has 0 aliphatic heterocycles. The van der Waals surface area contributed by atoms with Crippen LogP contribution in [0.15, 0.2) is 18.2 Å². The molecule has 0 bridgehead atoms. The second-order valence-electron chi connectivity index (χ2n) is 3.87. The third-order valence-corrected chi connectivity index (χ3v) is 3.81. The first-order chi connectivity index (χ1) is 9.38. The van der Waals surface area contributed by atoms with Crippen molar-refractivity contribution in [3.05, 3.63) is 57.1 Å². The topological polar surface area (TPSA) is 0 Å². The lowest BCUT2D eigenvalue weighted by molar-refractivity contribution is 0.448. The molecule has 0 N–H and O–H groups in total. The van der Waals surface area contributed by atoms with Gasteiger partial charge in [0.2, 0.25) is 0 Å². The molecular formula is C13H5BrCl2F4. The predicted octanol–water partition coefficient (Wildman–Crippen LogP) is 6.11. The summed E-state index contributed by atoms with van der Waals surface area (Å²) in [6, 6.07) is 3.81. The summed E-state index contributed by atoms with van der Waals surface area (Å²) in [5.74, 6) is -5.95. The molecule has 7 heteroatoms. The van der Waals surface area contributed by atoms with Crippen molar-refractivity contribution in [2.24, 2.45) is 0 Å². The molecule has 20 heavy (non-hydrogen) atoms. The maximum Gasteiger partial charge on any atom is 0.170 e. The molecule has 0 aromatic heterocycles. The van der Waals surface area contributed by atoms with E-state index in [1.807, 2.05) is 0 Å². The Morgan fingerprint density at radius 2 is 1.45 bits per heavy atom. The Bertz CT molecular complexity index is 660. The van der Waals surface area contributed by atoms with Crippen molar-refractivity contribution >= 4 is 39.1 Å². The molecule has 0 atom stereocenters. The number of benzene rings is 2. The van der Waals surface area contributed by atoms with E-state index in [1.165, 1.54) is 12.1 Å². The minimum Gasteiger partial charge on any atom is -0.203 e. The van der Waals surface area contributed by atoms with Gasteiger partial charge in [-0.25, -0.2) is 17.6 Å².